The lowest BCUT2D eigenvalue weighted by molar-refractivity contribution is -0.113. The second-order valence-electron chi connectivity index (χ2n) is 8.27. The van der Waals surface area contributed by atoms with Gasteiger partial charge in [-0.05, 0) is 60.7 Å². The number of fused-ring (bicyclic) bond motifs is 1. The van der Waals surface area contributed by atoms with Crippen LogP contribution >= 0.6 is 11.8 Å². The van der Waals surface area contributed by atoms with Crippen LogP contribution in [0.2, 0.25) is 0 Å². The third-order valence-electron chi connectivity index (χ3n) is 5.40. The van der Waals surface area contributed by atoms with Gasteiger partial charge in [-0.2, -0.15) is 0 Å². The fourth-order valence-corrected chi connectivity index (χ4v) is 4.50. The quantitative estimate of drug-likeness (QED) is 0.315. The molecule has 33 heavy (non-hydrogen) atoms. The van der Waals surface area contributed by atoms with Gasteiger partial charge in [0.2, 0.25) is 5.91 Å². The van der Waals surface area contributed by atoms with Crippen LogP contribution in [0, 0.1) is 13.8 Å². The Morgan fingerprint density at radius 3 is 2.64 bits per heavy atom. The minimum atomic E-state index is -0.206. The summed E-state index contributed by atoms with van der Waals surface area (Å²) in [6.07, 6.45) is 1.67. The van der Waals surface area contributed by atoms with Gasteiger partial charge in [0.25, 0.3) is 5.56 Å². The molecule has 0 aliphatic carbocycles. The molecule has 6 nitrogen and oxygen atoms in total. The Kier molecular flexibility index (Phi) is 6.60. The highest BCUT2D eigenvalue weighted by Gasteiger charge is 2.17. The highest BCUT2D eigenvalue weighted by molar-refractivity contribution is 7.99. The number of nitrogens with one attached hydrogen (secondary N) is 1. The van der Waals surface area contributed by atoms with Crippen LogP contribution in [0.1, 0.15) is 36.5 Å². The smallest absolute Gasteiger partial charge is 0.267 e. The van der Waals surface area contributed by atoms with Crippen molar-refractivity contribution in [1.82, 2.24) is 14.5 Å². The summed E-state index contributed by atoms with van der Waals surface area (Å²) >= 11 is 1.22. The minimum absolute atomic E-state index is 0.114. The van der Waals surface area contributed by atoms with Crippen LogP contribution in [0.15, 0.2) is 70.7 Å². The molecular formula is C26H26N4O2S. The largest absolute Gasteiger partial charge is 0.325 e. The van der Waals surface area contributed by atoms with Crippen molar-refractivity contribution < 1.29 is 4.79 Å². The molecule has 2 aromatic heterocycles. The van der Waals surface area contributed by atoms with E-state index in [2.05, 4.69) is 24.1 Å². The molecule has 168 valence electrons. The molecule has 7 heteroatoms. The predicted molar refractivity (Wildman–Crippen MR) is 134 cm³/mol. The number of thioether (sulfide) groups is 1. The standard InChI is InChI=1S/C26H26N4O2S/c1-16(2)19-10-7-8-18(4)24(19)29-23(31)15-33-26-28-21-11-6-5-9-20(21)25(32)30(26)22-14-17(3)12-13-27-22/h5-14,16H,15H2,1-4H3,(H,29,31). The van der Waals surface area contributed by atoms with Crippen molar-refractivity contribution in [2.75, 3.05) is 11.1 Å². The van der Waals surface area contributed by atoms with Gasteiger partial charge in [-0.25, -0.2) is 14.5 Å². The zero-order valence-electron chi connectivity index (χ0n) is 19.1. The Bertz CT molecular complexity index is 1390. The number of carbonyl (C=O) groups is 1. The normalized spacial score (nSPS) is 11.2. The number of hydrogen-bond acceptors (Lipinski definition) is 5. The molecule has 0 radical (unpaired) electrons. The van der Waals surface area contributed by atoms with Crippen LogP contribution in [0.25, 0.3) is 16.7 Å². The second-order valence-corrected chi connectivity index (χ2v) is 9.22. The van der Waals surface area contributed by atoms with Gasteiger partial charge in [-0.1, -0.05) is 55.9 Å². The van der Waals surface area contributed by atoms with E-state index in [1.807, 2.05) is 56.3 Å². The Hall–Kier alpha value is -3.45. The highest BCUT2D eigenvalue weighted by Crippen LogP contribution is 2.28. The molecule has 4 aromatic rings. The Morgan fingerprint density at radius 2 is 1.88 bits per heavy atom. The van der Waals surface area contributed by atoms with Gasteiger partial charge in [-0.3, -0.25) is 9.59 Å². The molecule has 0 fully saturated rings. The lowest BCUT2D eigenvalue weighted by Gasteiger charge is -2.17. The number of hydrogen-bond donors (Lipinski definition) is 1. The first-order valence-corrected chi connectivity index (χ1v) is 11.8. The SMILES string of the molecule is Cc1ccnc(-n2c(SCC(=O)Nc3c(C)cccc3C(C)C)nc3ccccc3c2=O)c1. The number of aromatic nitrogens is 3. The average molecular weight is 459 g/mol. The summed E-state index contributed by atoms with van der Waals surface area (Å²) < 4.78 is 1.49. The molecule has 0 saturated carbocycles. The van der Waals surface area contributed by atoms with Gasteiger partial charge in [0.05, 0.1) is 16.7 Å². The van der Waals surface area contributed by atoms with E-state index in [4.69, 9.17) is 4.98 Å². The first-order chi connectivity index (χ1) is 15.8. The van der Waals surface area contributed by atoms with E-state index in [1.54, 1.807) is 18.3 Å². The molecule has 1 N–H and O–H groups in total. The van der Waals surface area contributed by atoms with Crippen molar-refractivity contribution >= 4 is 34.3 Å². The molecule has 0 spiro atoms. The van der Waals surface area contributed by atoms with E-state index in [0.717, 1.165) is 22.4 Å². The molecule has 0 unspecified atom stereocenters. The van der Waals surface area contributed by atoms with E-state index >= 15 is 0 Å². The molecular weight excluding hydrogens is 432 g/mol. The average Bonchev–Trinajstić information content (AvgIpc) is 2.79. The number of pyridine rings is 1. The first kappa shape index (κ1) is 22.7. The summed E-state index contributed by atoms with van der Waals surface area (Å²) in [7, 11) is 0. The fourth-order valence-electron chi connectivity index (χ4n) is 3.70. The first-order valence-electron chi connectivity index (χ1n) is 10.8. The maximum atomic E-state index is 13.3. The zero-order chi connectivity index (χ0) is 23.5. The zero-order valence-corrected chi connectivity index (χ0v) is 19.9. The van der Waals surface area contributed by atoms with Crippen molar-refractivity contribution in [2.45, 2.75) is 38.8 Å². The molecule has 4 rings (SSSR count). The van der Waals surface area contributed by atoms with Crippen LogP contribution in [0.4, 0.5) is 5.69 Å². The van der Waals surface area contributed by atoms with Gasteiger partial charge in [0.1, 0.15) is 5.82 Å². The lowest BCUT2D eigenvalue weighted by atomic mass is 9.98. The fraction of sp³-hybridized carbons (Fsp3) is 0.231. The number of anilines is 1. The van der Waals surface area contributed by atoms with Crippen LogP contribution in [-0.4, -0.2) is 26.2 Å². The van der Waals surface area contributed by atoms with E-state index in [0.29, 0.717) is 21.9 Å². The lowest BCUT2D eigenvalue weighted by Crippen LogP contribution is -2.24. The van der Waals surface area contributed by atoms with E-state index in [9.17, 15) is 9.59 Å². The highest BCUT2D eigenvalue weighted by atomic mass is 32.2. The number of benzene rings is 2. The number of rotatable bonds is 6. The van der Waals surface area contributed by atoms with Gasteiger partial charge in [-0.15, -0.1) is 0 Å². The third-order valence-corrected chi connectivity index (χ3v) is 6.34. The summed E-state index contributed by atoms with van der Waals surface area (Å²) in [4.78, 5) is 35.3. The van der Waals surface area contributed by atoms with Crippen molar-refractivity contribution in [3.63, 3.8) is 0 Å². The molecule has 0 bridgehead atoms. The van der Waals surface area contributed by atoms with Crippen molar-refractivity contribution in [3.05, 3.63) is 87.8 Å². The van der Waals surface area contributed by atoms with Crippen LogP contribution in [0.3, 0.4) is 0 Å². The molecule has 0 aliphatic rings. The van der Waals surface area contributed by atoms with E-state index in [-0.39, 0.29) is 23.1 Å². The van der Waals surface area contributed by atoms with Gasteiger partial charge in [0.15, 0.2) is 5.16 Å². The molecule has 0 saturated heterocycles. The monoisotopic (exact) mass is 458 g/mol. The summed E-state index contributed by atoms with van der Waals surface area (Å²) in [6.45, 7) is 8.14. The van der Waals surface area contributed by atoms with E-state index in [1.165, 1.54) is 16.3 Å². The predicted octanol–water partition coefficient (Wildman–Crippen LogP) is 5.25. The second kappa shape index (κ2) is 9.58. The minimum Gasteiger partial charge on any atom is -0.325 e. The van der Waals surface area contributed by atoms with Gasteiger partial charge >= 0.3 is 0 Å². The third kappa shape index (κ3) is 4.83. The van der Waals surface area contributed by atoms with Gasteiger partial charge in [0, 0.05) is 11.9 Å². The molecule has 0 atom stereocenters. The summed E-state index contributed by atoms with van der Waals surface area (Å²) in [5.41, 5.74) is 4.33. The van der Waals surface area contributed by atoms with Gasteiger partial charge < -0.3 is 5.32 Å². The maximum Gasteiger partial charge on any atom is 0.267 e. The van der Waals surface area contributed by atoms with Crippen LogP contribution < -0.4 is 10.9 Å². The van der Waals surface area contributed by atoms with Crippen molar-refractivity contribution in [1.29, 1.82) is 0 Å². The molecule has 0 aliphatic heterocycles. The van der Waals surface area contributed by atoms with E-state index < -0.39 is 0 Å². The topological polar surface area (TPSA) is 76.9 Å². The summed E-state index contributed by atoms with van der Waals surface area (Å²) in [5.74, 6) is 0.736. The maximum absolute atomic E-state index is 13.3. The Morgan fingerprint density at radius 1 is 1.09 bits per heavy atom. The molecule has 2 heterocycles. The molecule has 1 amide bonds. The van der Waals surface area contributed by atoms with Crippen molar-refractivity contribution in [2.24, 2.45) is 0 Å². The Balaban J connectivity index is 1.67. The van der Waals surface area contributed by atoms with Crippen LogP contribution in [0.5, 0.6) is 0 Å². The Labute approximate surface area is 197 Å². The summed E-state index contributed by atoms with van der Waals surface area (Å²) in [6, 6.07) is 16.9. The number of amides is 1. The molecule has 2 aromatic carbocycles. The number of nitrogens with zero attached hydrogens (tertiary/aromatic N) is 3. The van der Waals surface area contributed by atoms with Crippen molar-refractivity contribution in [3.8, 4) is 5.82 Å². The summed E-state index contributed by atoms with van der Waals surface area (Å²) in [5, 5.41) is 4.00. The number of carbonyl (C=O) groups excluding carboxylic acids is 1. The number of para-hydroxylation sites is 2. The van der Waals surface area contributed by atoms with Crippen LogP contribution in [-0.2, 0) is 4.79 Å². The number of aryl methyl sites for hydroxylation is 2.